The van der Waals surface area contributed by atoms with Crippen molar-refractivity contribution in [3.63, 3.8) is 0 Å². The maximum Gasteiger partial charge on any atom is 0.394 e. The van der Waals surface area contributed by atoms with Crippen molar-refractivity contribution in [1.82, 2.24) is 0 Å². The SMILES string of the molecule is O=S(=O)(O)O.[MgH2].[Tb]. The van der Waals surface area contributed by atoms with Gasteiger partial charge in [0.05, 0.1) is 0 Å². The molecule has 4 nitrogen and oxygen atoms in total. The minimum Gasteiger partial charge on any atom is -0.264 e. The van der Waals surface area contributed by atoms with Gasteiger partial charge >= 0.3 is 33.5 Å². The molecule has 0 rings (SSSR count). The molecule has 0 aliphatic rings. The summed E-state index contributed by atoms with van der Waals surface area (Å²) in [6, 6.07) is 0. The fraction of sp³-hybridized carbons (Fsp3) is 0. The van der Waals surface area contributed by atoms with E-state index in [0.29, 0.717) is 0 Å². The van der Waals surface area contributed by atoms with E-state index >= 15 is 0 Å². The molecule has 0 heterocycles. The molecule has 2 N–H and O–H groups in total. The molecule has 0 aromatic heterocycles. The van der Waals surface area contributed by atoms with Crippen molar-refractivity contribution in [2.24, 2.45) is 0 Å². The van der Waals surface area contributed by atoms with Crippen LogP contribution in [0.1, 0.15) is 0 Å². The van der Waals surface area contributed by atoms with E-state index in [1.54, 1.807) is 0 Å². The van der Waals surface area contributed by atoms with Crippen LogP contribution < -0.4 is 0 Å². The van der Waals surface area contributed by atoms with E-state index < -0.39 is 10.4 Å². The zero-order valence-corrected chi connectivity index (χ0v) is 5.41. The van der Waals surface area contributed by atoms with Crippen molar-refractivity contribution in [2.75, 3.05) is 0 Å². The van der Waals surface area contributed by atoms with E-state index in [9.17, 15) is 0 Å². The van der Waals surface area contributed by atoms with E-state index in [1.807, 2.05) is 0 Å². The Morgan fingerprint density at radius 2 is 1.14 bits per heavy atom. The Kier molecular flexibility index (Phi) is 13.8. The molecule has 0 bridgehead atoms. The van der Waals surface area contributed by atoms with Crippen molar-refractivity contribution in [3.8, 4) is 0 Å². The summed E-state index contributed by atoms with van der Waals surface area (Å²) in [5.41, 5.74) is 0. The van der Waals surface area contributed by atoms with Crippen molar-refractivity contribution in [3.05, 3.63) is 0 Å². The van der Waals surface area contributed by atoms with Crippen LogP contribution in [0.5, 0.6) is 0 Å². The zero-order valence-electron chi connectivity index (χ0n) is 2.45. The van der Waals surface area contributed by atoms with Crippen LogP contribution in [0.15, 0.2) is 0 Å². The third kappa shape index (κ3) is 75.2. The Labute approximate surface area is 88.2 Å². The van der Waals surface area contributed by atoms with Gasteiger partial charge in [-0.25, -0.2) is 0 Å². The molecule has 0 aromatic rings. The summed E-state index contributed by atoms with van der Waals surface area (Å²) < 4.78 is 31.6. The summed E-state index contributed by atoms with van der Waals surface area (Å²) in [6.07, 6.45) is 0. The molecule has 7 heavy (non-hydrogen) atoms. The first-order chi connectivity index (χ1) is 2.00. The summed E-state index contributed by atoms with van der Waals surface area (Å²) in [6.45, 7) is 0. The molecule has 0 aromatic carbocycles. The normalized spacial score (nSPS) is 8.29. The van der Waals surface area contributed by atoms with Crippen LogP contribution in [-0.2, 0) is 10.4 Å². The molecule has 45 valence electrons. The molecule has 0 unspecified atom stereocenters. The zero-order chi connectivity index (χ0) is 4.50. The molecule has 1 radical (unpaired) electrons. The molecule has 0 spiro atoms. The molecule has 0 saturated carbocycles. The molecular formula is H4MgO4STb. The van der Waals surface area contributed by atoms with Crippen LogP contribution >= 0.6 is 0 Å². The molecule has 0 aliphatic carbocycles. The molecule has 0 amide bonds. The average molecular weight is 283 g/mol. The quantitative estimate of drug-likeness (QED) is 0.416. The van der Waals surface area contributed by atoms with Gasteiger partial charge in [0.2, 0.25) is 0 Å². The van der Waals surface area contributed by atoms with Gasteiger partial charge in [-0.1, -0.05) is 0 Å². The maximum atomic E-state index is 8.74. The van der Waals surface area contributed by atoms with Crippen molar-refractivity contribution >= 4 is 33.5 Å². The van der Waals surface area contributed by atoms with Crippen LogP contribution in [-0.4, -0.2) is 40.6 Å². The minimum absolute atomic E-state index is 0. The minimum atomic E-state index is -4.67. The first-order valence-electron chi connectivity index (χ1n) is 0.698. The molecular weight excluding hydrogens is 279 g/mol. The largest absolute Gasteiger partial charge is 0.394 e. The Hall–Kier alpha value is 1.92. The van der Waals surface area contributed by atoms with Gasteiger partial charge in [0.15, 0.2) is 0 Å². The van der Waals surface area contributed by atoms with Crippen molar-refractivity contribution < 1.29 is 56.1 Å². The predicted octanol–water partition coefficient (Wildman–Crippen LogP) is -1.57. The second kappa shape index (κ2) is 6.05. The van der Waals surface area contributed by atoms with Crippen LogP contribution in [0, 0.1) is 38.6 Å². The average Bonchev–Trinajstić information content (AvgIpc) is 0.722. The summed E-state index contributed by atoms with van der Waals surface area (Å²) in [5.74, 6) is 0. The van der Waals surface area contributed by atoms with Crippen molar-refractivity contribution in [1.29, 1.82) is 0 Å². The summed E-state index contributed by atoms with van der Waals surface area (Å²) in [7, 11) is -4.67. The van der Waals surface area contributed by atoms with E-state index in [1.165, 1.54) is 0 Å². The molecule has 0 fully saturated rings. The Balaban J connectivity index is -0.0000000800. The van der Waals surface area contributed by atoms with Gasteiger partial charge in [-0.2, -0.15) is 8.42 Å². The fourth-order valence-corrected chi connectivity index (χ4v) is 0. The third-order valence-corrected chi connectivity index (χ3v) is 0. The van der Waals surface area contributed by atoms with Gasteiger partial charge in [0.1, 0.15) is 0 Å². The topological polar surface area (TPSA) is 74.6 Å². The number of hydrogen-bond acceptors (Lipinski definition) is 2. The van der Waals surface area contributed by atoms with Gasteiger partial charge in [-0.3, -0.25) is 9.11 Å². The van der Waals surface area contributed by atoms with Gasteiger partial charge in [-0.05, 0) is 0 Å². The second-order valence-corrected chi connectivity index (χ2v) is 1.34. The smallest absolute Gasteiger partial charge is 0.264 e. The molecule has 0 atom stereocenters. The second-order valence-electron chi connectivity index (χ2n) is 0.448. The van der Waals surface area contributed by atoms with Gasteiger partial charge in [0, 0.05) is 38.6 Å². The molecule has 7 heteroatoms. The number of rotatable bonds is 0. The Bertz CT molecular complexity index is 94.9. The standard InChI is InChI=1S/Mg.H2O4S.Tb.2H/c;1-5(2,3)4;;;/h;(H2,1,2,3,4);;;. The maximum absolute atomic E-state index is 8.74. The summed E-state index contributed by atoms with van der Waals surface area (Å²) >= 11 is 0. The van der Waals surface area contributed by atoms with E-state index in [0.717, 1.165) is 0 Å². The van der Waals surface area contributed by atoms with Crippen LogP contribution in [0.2, 0.25) is 0 Å². The van der Waals surface area contributed by atoms with Gasteiger partial charge < -0.3 is 0 Å². The fourth-order valence-electron chi connectivity index (χ4n) is 0. The molecule has 0 saturated heterocycles. The van der Waals surface area contributed by atoms with E-state index in [4.69, 9.17) is 17.5 Å². The predicted molar refractivity (Wildman–Crippen MR) is 22.7 cm³/mol. The first kappa shape index (κ1) is 16.0. The molecule has 0 aliphatic heterocycles. The Morgan fingerprint density at radius 1 is 1.14 bits per heavy atom. The summed E-state index contributed by atoms with van der Waals surface area (Å²) in [4.78, 5) is 0. The Morgan fingerprint density at radius 3 is 1.14 bits per heavy atom. The van der Waals surface area contributed by atoms with Crippen LogP contribution in [0.25, 0.3) is 0 Å². The third-order valence-electron chi connectivity index (χ3n) is 0. The van der Waals surface area contributed by atoms with Gasteiger partial charge in [-0.15, -0.1) is 0 Å². The van der Waals surface area contributed by atoms with Crippen LogP contribution in [0.3, 0.4) is 0 Å². The van der Waals surface area contributed by atoms with Gasteiger partial charge in [0.25, 0.3) is 0 Å². The van der Waals surface area contributed by atoms with Crippen molar-refractivity contribution in [2.45, 2.75) is 0 Å². The first-order valence-corrected chi connectivity index (χ1v) is 2.10. The van der Waals surface area contributed by atoms with Crippen LogP contribution in [0.4, 0.5) is 0 Å². The summed E-state index contributed by atoms with van der Waals surface area (Å²) in [5, 5.41) is 0. The van der Waals surface area contributed by atoms with E-state index in [-0.39, 0.29) is 61.7 Å². The number of hydrogen-bond donors (Lipinski definition) is 2. The van der Waals surface area contributed by atoms with E-state index in [2.05, 4.69) is 0 Å². The monoisotopic (exact) mass is 283 g/mol.